The molecule has 0 saturated carbocycles. The van der Waals surface area contributed by atoms with Crippen molar-refractivity contribution in [3.63, 3.8) is 0 Å². The molecule has 0 heterocycles. The highest BCUT2D eigenvalue weighted by atomic mass is 19.1. The van der Waals surface area contributed by atoms with Gasteiger partial charge in [0.25, 0.3) is 11.8 Å². The van der Waals surface area contributed by atoms with Crippen molar-refractivity contribution in [3.8, 4) is 0 Å². The molecule has 0 unspecified atom stereocenters. The number of carbonyl (C=O) groups excluding carboxylic acids is 3. The summed E-state index contributed by atoms with van der Waals surface area (Å²) in [4.78, 5) is 38.0. The quantitative estimate of drug-likeness (QED) is 0.422. The van der Waals surface area contributed by atoms with Crippen molar-refractivity contribution < 1.29 is 28.6 Å². The summed E-state index contributed by atoms with van der Waals surface area (Å²) in [7, 11) is 1.16. The van der Waals surface area contributed by atoms with Crippen molar-refractivity contribution in [2.45, 2.75) is 24.6 Å². The van der Waals surface area contributed by atoms with Gasteiger partial charge in [-0.15, -0.1) is 0 Å². The molecule has 3 rings (SSSR count). The van der Waals surface area contributed by atoms with Gasteiger partial charge in [-0.25, -0.2) is 9.18 Å². The molecule has 7 nitrogen and oxygen atoms in total. The van der Waals surface area contributed by atoms with Gasteiger partial charge in [0.1, 0.15) is 11.9 Å². The number of methoxy groups -OCH3 is 1. The number of rotatable bonds is 9. The topological polar surface area (TPSA) is 105 Å². The second-order valence-electron chi connectivity index (χ2n) is 7.59. The van der Waals surface area contributed by atoms with Crippen LogP contribution < -0.4 is 10.6 Å². The van der Waals surface area contributed by atoms with Gasteiger partial charge >= 0.3 is 5.97 Å². The summed E-state index contributed by atoms with van der Waals surface area (Å²) in [5, 5.41) is 16.1. The average Bonchev–Trinajstić information content (AvgIpc) is 2.86. The van der Waals surface area contributed by atoms with Crippen LogP contribution in [-0.2, 0) is 20.7 Å². The first-order chi connectivity index (χ1) is 16.4. The Kier molecular flexibility index (Phi) is 8.48. The first-order valence-corrected chi connectivity index (χ1v) is 10.6. The van der Waals surface area contributed by atoms with E-state index in [1.807, 2.05) is 0 Å². The Balaban J connectivity index is 1.81. The molecule has 3 aromatic carbocycles. The van der Waals surface area contributed by atoms with Crippen molar-refractivity contribution in [1.29, 1.82) is 0 Å². The molecule has 3 atom stereocenters. The molecule has 8 heteroatoms. The van der Waals surface area contributed by atoms with E-state index >= 15 is 0 Å². The highest BCUT2D eigenvalue weighted by Gasteiger charge is 2.32. The summed E-state index contributed by atoms with van der Waals surface area (Å²) in [6, 6.07) is 20.2. The monoisotopic (exact) mass is 464 g/mol. The Morgan fingerprint density at radius 1 is 0.912 bits per heavy atom. The van der Waals surface area contributed by atoms with E-state index in [1.165, 1.54) is 18.2 Å². The fourth-order valence-corrected chi connectivity index (χ4v) is 3.46. The first-order valence-electron chi connectivity index (χ1n) is 10.6. The standard InChI is InChI=1S/C26H25FN2O5/c1-34-26(33)21(16-17-9-8-14-20(27)15-17)28-25(32)23(30)22(18-10-4-2-5-11-18)29-24(31)19-12-6-3-7-13-19/h2-15,21-23,30H,16H2,1H3,(H,28,32)(H,29,31)/t21-,22+,23-/m1/s1. The van der Waals surface area contributed by atoms with Crippen molar-refractivity contribution in [2.24, 2.45) is 0 Å². The number of hydrogen-bond acceptors (Lipinski definition) is 5. The summed E-state index contributed by atoms with van der Waals surface area (Å²) in [6.45, 7) is 0. The lowest BCUT2D eigenvalue weighted by atomic mass is 9.99. The smallest absolute Gasteiger partial charge is 0.328 e. The summed E-state index contributed by atoms with van der Waals surface area (Å²) < 4.78 is 18.3. The molecule has 0 aliphatic heterocycles. The molecule has 34 heavy (non-hydrogen) atoms. The van der Waals surface area contributed by atoms with Gasteiger partial charge in [-0.05, 0) is 35.4 Å². The Bertz CT molecular complexity index is 1120. The fraction of sp³-hybridized carbons (Fsp3) is 0.192. The molecule has 0 aliphatic rings. The van der Waals surface area contributed by atoms with Gasteiger partial charge in [-0.1, -0.05) is 60.7 Å². The van der Waals surface area contributed by atoms with Gasteiger partial charge in [-0.3, -0.25) is 9.59 Å². The SMILES string of the molecule is COC(=O)[C@@H](Cc1cccc(F)c1)NC(=O)[C@H](O)[C@@H](NC(=O)c1ccccc1)c1ccccc1. The summed E-state index contributed by atoms with van der Waals surface area (Å²) in [5.41, 5.74) is 1.31. The van der Waals surface area contributed by atoms with E-state index in [1.54, 1.807) is 66.7 Å². The van der Waals surface area contributed by atoms with Crippen LogP contribution in [-0.4, -0.2) is 42.1 Å². The van der Waals surface area contributed by atoms with Crippen LogP contribution in [0.2, 0.25) is 0 Å². The molecule has 3 N–H and O–H groups in total. The Labute approximate surface area is 196 Å². The Morgan fingerprint density at radius 3 is 2.18 bits per heavy atom. The highest BCUT2D eigenvalue weighted by molar-refractivity contribution is 5.95. The van der Waals surface area contributed by atoms with E-state index < -0.39 is 41.8 Å². The van der Waals surface area contributed by atoms with E-state index in [0.717, 1.165) is 7.11 Å². The van der Waals surface area contributed by atoms with Crippen LogP contribution in [0.5, 0.6) is 0 Å². The van der Waals surface area contributed by atoms with Crippen LogP contribution in [0.4, 0.5) is 4.39 Å². The number of aliphatic hydroxyl groups is 1. The van der Waals surface area contributed by atoms with Crippen molar-refractivity contribution >= 4 is 17.8 Å². The third-order valence-electron chi connectivity index (χ3n) is 5.20. The van der Waals surface area contributed by atoms with Crippen molar-refractivity contribution in [3.05, 3.63) is 107 Å². The average molecular weight is 464 g/mol. The molecule has 0 radical (unpaired) electrons. The summed E-state index contributed by atoms with van der Waals surface area (Å²) in [5.74, 6) is -2.62. The minimum atomic E-state index is -1.73. The summed E-state index contributed by atoms with van der Waals surface area (Å²) >= 11 is 0. The van der Waals surface area contributed by atoms with Crippen LogP contribution in [0.25, 0.3) is 0 Å². The molecular formula is C26H25FN2O5. The number of aliphatic hydroxyl groups excluding tert-OH is 1. The Morgan fingerprint density at radius 2 is 1.56 bits per heavy atom. The minimum absolute atomic E-state index is 0.0464. The van der Waals surface area contributed by atoms with Gasteiger partial charge in [0.2, 0.25) is 0 Å². The van der Waals surface area contributed by atoms with E-state index in [2.05, 4.69) is 10.6 Å². The number of carbonyl (C=O) groups is 3. The number of amides is 2. The third kappa shape index (κ3) is 6.49. The molecule has 0 aliphatic carbocycles. The molecule has 0 fully saturated rings. The second-order valence-corrected chi connectivity index (χ2v) is 7.59. The van der Waals surface area contributed by atoms with Gasteiger partial charge in [0, 0.05) is 12.0 Å². The second kappa shape index (κ2) is 11.7. The summed E-state index contributed by atoms with van der Waals surface area (Å²) in [6.07, 6.45) is -1.77. The molecule has 176 valence electrons. The van der Waals surface area contributed by atoms with E-state index in [-0.39, 0.29) is 6.42 Å². The molecule has 0 bridgehead atoms. The number of nitrogens with one attached hydrogen (secondary N) is 2. The van der Waals surface area contributed by atoms with Crippen LogP contribution >= 0.6 is 0 Å². The largest absolute Gasteiger partial charge is 0.467 e. The zero-order valence-corrected chi connectivity index (χ0v) is 18.5. The van der Waals surface area contributed by atoms with Crippen LogP contribution in [0, 0.1) is 5.82 Å². The molecule has 3 aromatic rings. The maximum absolute atomic E-state index is 13.6. The number of ether oxygens (including phenoxy) is 1. The number of benzene rings is 3. The van der Waals surface area contributed by atoms with Crippen LogP contribution in [0.3, 0.4) is 0 Å². The van der Waals surface area contributed by atoms with E-state index in [9.17, 15) is 23.9 Å². The van der Waals surface area contributed by atoms with Crippen LogP contribution in [0.15, 0.2) is 84.9 Å². The van der Waals surface area contributed by atoms with Crippen molar-refractivity contribution in [1.82, 2.24) is 10.6 Å². The maximum Gasteiger partial charge on any atom is 0.328 e. The molecule has 0 aromatic heterocycles. The third-order valence-corrected chi connectivity index (χ3v) is 5.20. The number of hydrogen-bond donors (Lipinski definition) is 3. The van der Waals surface area contributed by atoms with Crippen LogP contribution in [0.1, 0.15) is 27.5 Å². The van der Waals surface area contributed by atoms with Gasteiger partial charge in [0.15, 0.2) is 6.10 Å². The molecule has 0 saturated heterocycles. The predicted molar refractivity (Wildman–Crippen MR) is 123 cm³/mol. The Hall–Kier alpha value is -4.04. The minimum Gasteiger partial charge on any atom is -0.467 e. The lowest BCUT2D eigenvalue weighted by molar-refractivity contribution is -0.146. The highest BCUT2D eigenvalue weighted by Crippen LogP contribution is 2.19. The molecule has 2 amide bonds. The number of esters is 1. The lowest BCUT2D eigenvalue weighted by Crippen LogP contribution is -2.51. The zero-order chi connectivity index (χ0) is 24.5. The van der Waals surface area contributed by atoms with Crippen molar-refractivity contribution in [2.75, 3.05) is 7.11 Å². The lowest BCUT2D eigenvalue weighted by Gasteiger charge is -2.26. The molecule has 0 spiro atoms. The van der Waals surface area contributed by atoms with Gasteiger partial charge in [-0.2, -0.15) is 0 Å². The van der Waals surface area contributed by atoms with E-state index in [0.29, 0.717) is 16.7 Å². The molecular weight excluding hydrogens is 439 g/mol. The first kappa shape index (κ1) is 24.6. The predicted octanol–water partition coefficient (Wildman–Crippen LogP) is 2.56. The van der Waals surface area contributed by atoms with E-state index in [4.69, 9.17) is 4.74 Å². The zero-order valence-electron chi connectivity index (χ0n) is 18.5. The normalized spacial score (nSPS) is 13.3. The maximum atomic E-state index is 13.6. The van der Waals surface area contributed by atoms with Gasteiger partial charge < -0.3 is 20.5 Å². The number of halogens is 1. The fourth-order valence-electron chi connectivity index (χ4n) is 3.46. The van der Waals surface area contributed by atoms with Gasteiger partial charge in [0.05, 0.1) is 13.2 Å².